The second-order valence-corrected chi connectivity index (χ2v) is 7.07. The Morgan fingerprint density at radius 3 is 2.88 bits per heavy atom. The largest absolute Gasteiger partial charge is 0.341 e. The van der Waals surface area contributed by atoms with Crippen LogP contribution in [0.3, 0.4) is 0 Å². The summed E-state index contributed by atoms with van der Waals surface area (Å²) in [6, 6.07) is 6.59. The second kappa shape index (κ2) is 6.04. The fraction of sp³-hybridized carbons (Fsp3) is 0.474. The fourth-order valence-electron chi connectivity index (χ4n) is 4.16. The fourth-order valence-corrected chi connectivity index (χ4v) is 4.16. The van der Waals surface area contributed by atoms with Gasteiger partial charge in [-0.3, -0.25) is 9.89 Å². The number of hydrogen-bond donors (Lipinski definition) is 1. The van der Waals surface area contributed by atoms with Crippen LogP contribution in [-0.2, 0) is 10.2 Å². The van der Waals surface area contributed by atoms with Gasteiger partial charge in [-0.15, -0.1) is 0 Å². The lowest BCUT2D eigenvalue weighted by Gasteiger charge is -2.46. The van der Waals surface area contributed by atoms with Gasteiger partial charge in [0.15, 0.2) is 0 Å². The molecule has 4 nitrogen and oxygen atoms in total. The highest BCUT2D eigenvalue weighted by Gasteiger charge is 2.48. The number of hydrogen-bond acceptors (Lipinski definition) is 2. The normalized spacial score (nSPS) is 22.9. The summed E-state index contributed by atoms with van der Waals surface area (Å²) in [6.07, 6.45) is 8.53. The molecule has 2 fully saturated rings. The topological polar surface area (TPSA) is 49.0 Å². The number of benzene rings is 1. The van der Waals surface area contributed by atoms with Gasteiger partial charge in [0.2, 0.25) is 5.91 Å². The van der Waals surface area contributed by atoms with E-state index in [1.165, 1.54) is 17.7 Å². The van der Waals surface area contributed by atoms with Crippen molar-refractivity contribution in [1.82, 2.24) is 15.1 Å². The number of nitrogens with one attached hydrogen (secondary N) is 1. The van der Waals surface area contributed by atoms with E-state index in [1.54, 1.807) is 6.07 Å². The zero-order chi connectivity index (χ0) is 16.6. The van der Waals surface area contributed by atoms with Crippen LogP contribution in [0, 0.1) is 5.82 Å². The van der Waals surface area contributed by atoms with Crippen LogP contribution in [0.15, 0.2) is 36.7 Å². The molecule has 4 rings (SSSR count). The molecule has 1 unspecified atom stereocenters. The van der Waals surface area contributed by atoms with Gasteiger partial charge in [-0.2, -0.15) is 5.10 Å². The average molecular weight is 327 g/mol. The minimum atomic E-state index is -0.514. The number of aromatic nitrogens is 2. The smallest absolute Gasteiger partial charge is 0.233 e. The Hall–Kier alpha value is -2.17. The van der Waals surface area contributed by atoms with Gasteiger partial charge >= 0.3 is 0 Å². The Morgan fingerprint density at radius 1 is 1.33 bits per heavy atom. The van der Waals surface area contributed by atoms with Crippen LogP contribution in [0.1, 0.15) is 49.1 Å². The molecule has 2 heterocycles. The maximum Gasteiger partial charge on any atom is 0.233 e. The molecule has 0 radical (unpaired) electrons. The molecule has 1 saturated carbocycles. The SMILES string of the molecule is O=C(N1CCCC(c2cn[nH]c2)C1)C1(c2cccc(F)c2)CCC1. The van der Waals surface area contributed by atoms with Gasteiger partial charge in [0, 0.05) is 25.2 Å². The molecule has 1 aromatic carbocycles. The molecule has 1 amide bonds. The predicted molar refractivity (Wildman–Crippen MR) is 89.1 cm³/mol. The molecule has 2 aliphatic rings. The highest BCUT2D eigenvalue weighted by atomic mass is 19.1. The molecular weight excluding hydrogens is 305 g/mol. The average Bonchev–Trinajstić information content (AvgIpc) is 3.08. The Balaban J connectivity index is 1.57. The summed E-state index contributed by atoms with van der Waals surface area (Å²) in [4.78, 5) is 15.3. The molecular formula is C19H22FN3O. The number of nitrogens with zero attached hydrogens (tertiary/aromatic N) is 2. The number of likely N-dealkylation sites (tertiary alicyclic amines) is 1. The van der Waals surface area contributed by atoms with E-state index in [1.807, 2.05) is 23.4 Å². The Bertz CT molecular complexity index is 724. The van der Waals surface area contributed by atoms with Crippen molar-refractivity contribution in [3.05, 3.63) is 53.6 Å². The van der Waals surface area contributed by atoms with Crippen molar-refractivity contribution in [3.63, 3.8) is 0 Å². The summed E-state index contributed by atoms with van der Waals surface area (Å²) < 4.78 is 13.7. The van der Waals surface area contributed by atoms with E-state index in [9.17, 15) is 9.18 Å². The van der Waals surface area contributed by atoms with Crippen molar-refractivity contribution in [2.75, 3.05) is 13.1 Å². The predicted octanol–water partition coefficient (Wildman–Crippen LogP) is 3.38. The maximum atomic E-state index is 13.7. The van der Waals surface area contributed by atoms with Crippen molar-refractivity contribution < 1.29 is 9.18 Å². The first-order valence-corrected chi connectivity index (χ1v) is 8.73. The van der Waals surface area contributed by atoms with Crippen molar-refractivity contribution in [2.45, 2.75) is 43.4 Å². The lowest BCUT2D eigenvalue weighted by atomic mass is 9.63. The van der Waals surface area contributed by atoms with E-state index in [2.05, 4.69) is 10.2 Å². The summed E-state index contributed by atoms with van der Waals surface area (Å²) in [7, 11) is 0. The highest BCUT2D eigenvalue weighted by Crippen LogP contribution is 2.46. The number of aromatic amines is 1. The Morgan fingerprint density at radius 2 is 2.21 bits per heavy atom. The second-order valence-electron chi connectivity index (χ2n) is 7.07. The molecule has 1 aliphatic heterocycles. The van der Waals surface area contributed by atoms with Gasteiger partial charge in [-0.1, -0.05) is 18.6 Å². The first-order valence-electron chi connectivity index (χ1n) is 8.73. The van der Waals surface area contributed by atoms with Crippen molar-refractivity contribution in [2.24, 2.45) is 0 Å². The number of carbonyl (C=O) groups is 1. The molecule has 0 spiro atoms. The van der Waals surface area contributed by atoms with Gasteiger partial charge in [0.05, 0.1) is 11.6 Å². The van der Waals surface area contributed by atoms with Crippen LogP contribution in [0.2, 0.25) is 0 Å². The Labute approximate surface area is 141 Å². The standard InChI is InChI=1S/C19H22FN3O/c20-17-6-1-5-16(10-17)19(7-3-8-19)18(24)23-9-2-4-14(13-23)15-11-21-22-12-15/h1,5-6,10-12,14H,2-4,7-9,13H2,(H,21,22). The van der Waals surface area contributed by atoms with Crippen LogP contribution in [0.5, 0.6) is 0 Å². The zero-order valence-electron chi connectivity index (χ0n) is 13.7. The van der Waals surface area contributed by atoms with Crippen molar-refractivity contribution >= 4 is 5.91 Å². The molecule has 1 N–H and O–H groups in total. The van der Waals surface area contributed by atoms with Gasteiger partial charge in [0.1, 0.15) is 5.82 Å². The summed E-state index contributed by atoms with van der Waals surface area (Å²) >= 11 is 0. The molecule has 1 saturated heterocycles. The number of amides is 1. The van der Waals surface area contributed by atoms with Gasteiger partial charge in [-0.05, 0) is 48.9 Å². The van der Waals surface area contributed by atoms with Crippen molar-refractivity contribution in [1.29, 1.82) is 0 Å². The van der Waals surface area contributed by atoms with Gasteiger partial charge < -0.3 is 4.90 Å². The first kappa shape index (κ1) is 15.4. The van der Waals surface area contributed by atoms with Crippen LogP contribution in [0.4, 0.5) is 4.39 Å². The first-order chi connectivity index (χ1) is 11.7. The molecule has 1 aliphatic carbocycles. The van der Waals surface area contributed by atoms with Crippen molar-refractivity contribution in [3.8, 4) is 0 Å². The number of halogens is 1. The van der Waals surface area contributed by atoms with Gasteiger partial charge in [-0.25, -0.2) is 4.39 Å². The number of rotatable bonds is 3. The van der Waals surface area contributed by atoms with Crippen LogP contribution >= 0.6 is 0 Å². The maximum absolute atomic E-state index is 13.7. The zero-order valence-corrected chi connectivity index (χ0v) is 13.7. The Kier molecular flexibility index (Phi) is 3.87. The van der Waals surface area contributed by atoms with Crippen LogP contribution < -0.4 is 0 Å². The molecule has 1 atom stereocenters. The quantitative estimate of drug-likeness (QED) is 0.939. The monoisotopic (exact) mass is 327 g/mol. The van der Waals surface area contributed by atoms with E-state index in [4.69, 9.17) is 0 Å². The third kappa shape index (κ3) is 2.52. The lowest BCUT2D eigenvalue weighted by Crippen LogP contribution is -2.53. The van der Waals surface area contributed by atoms with Crippen LogP contribution in [-0.4, -0.2) is 34.1 Å². The number of H-pyrrole nitrogens is 1. The third-order valence-corrected chi connectivity index (χ3v) is 5.69. The van der Waals surface area contributed by atoms with Crippen LogP contribution in [0.25, 0.3) is 0 Å². The van der Waals surface area contributed by atoms with E-state index >= 15 is 0 Å². The molecule has 126 valence electrons. The molecule has 5 heteroatoms. The van der Waals surface area contributed by atoms with E-state index in [-0.39, 0.29) is 11.7 Å². The van der Waals surface area contributed by atoms with E-state index < -0.39 is 5.41 Å². The van der Waals surface area contributed by atoms with E-state index in [0.29, 0.717) is 5.92 Å². The lowest BCUT2D eigenvalue weighted by molar-refractivity contribution is -0.142. The molecule has 1 aromatic heterocycles. The minimum absolute atomic E-state index is 0.174. The number of piperidine rings is 1. The molecule has 2 aromatic rings. The minimum Gasteiger partial charge on any atom is -0.341 e. The third-order valence-electron chi connectivity index (χ3n) is 5.69. The van der Waals surface area contributed by atoms with Gasteiger partial charge in [0.25, 0.3) is 0 Å². The highest BCUT2D eigenvalue weighted by molar-refractivity contribution is 5.89. The molecule has 0 bridgehead atoms. The van der Waals surface area contributed by atoms with E-state index in [0.717, 1.165) is 50.8 Å². The summed E-state index contributed by atoms with van der Waals surface area (Å²) in [5.74, 6) is 0.250. The summed E-state index contributed by atoms with van der Waals surface area (Å²) in [6.45, 7) is 1.53. The molecule has 24 heavy (non-hydrogen) atoms. The summed E-state index contributed by atoms with van der Waals surface area (Å²) in [5.41, 5.74) is 1.49. The number of carbonyl (C=O) groups excluding carboxylic acids is 1. The summed E-state index contributed by atoms with van der Waals surface area (Å²) in [5, 5.41) is 6.89.